The second kappa shape index (κ2) is 6.54. The van der Waals surface area contributed by atoms with Crippen LogP contribution in [0.15, 0.2) is 36.4 Å². The van der Waals surface area contributed by atoms with E-state index in [-0.39, 0.29) is 54.4 Å². The number of hydrogen-bond donors (Lipinski definition) is 1. The van der Waals surface area contributed by atoms with Crippen LogP contribution in [0, 0.1) is 35.5 Å². The number of anilines is 1. The molecule has 0 unspecified atom stereocenters. The average molecular weight is 394 g/mol. The Labute approximate surface area is 168 Å². The minimum Gasteiger partial charge on any atom is -0.465 e. The largest absolute Gasteiger partial charge is 0.465 e. The Balaban J connectivity index is 1.20. The van der Waals surface area contributed by atoms with Crippen LogP contribution in [0.25, 0.3) is 0 Å². The number of allylic oxidation sites excluding steroid dienone is 2. The summed E-state index contributed by atoms with van der Waals surface area (Å²) in [5.74, 6) is 0.118. The lowest BCUT2D eigenvalue weighted by Gasteiger charge is -2.37. The third-order valence-electron chi connectivity index (χ3n) is 6.91. The number of esters is 1. The summed E-state index contributed by atoms with van der Waals surface area (Å²) in [5.41, 5.74) is 0.931. The molecule has 3 fully saturated rings. The first kappa shape index (κ1) is 18.1. The number of imide groups is 1. The van der Waals surface area contributed by atoms with Crippen molar-refractivity contribution in [1.29, 1.82) is 0 Å². The number of ether oxygens (including phenoxy) is 1. The zero-order chi connectivity index (χ0) is 20.3. The molecule has 0 aromatic heterocycles. The van der Waals surface area contributed by atoms with E-state index in [1.54, 1.807) is 24.3 Å². The Morgan fingerprint density at radius 2 is 1.62 bits per heavy atom. The van der Waals surface area contributed by atoms with Crippen LogP contribution in [-0.2, 0) is 19.1 Å². The zero-order valence-electron chi connectivity index (χ0n) is 16.0. The van der Waals surface area contributed by atoms with Gasteiger partial charge >= 0.3 is 5.97 Å². The summed E-state index contributed by atoms with van der Waals surface area (Å²) in [6.07, 6.45) is 5.46. The van der Waals surface area contributed by atoms with E-state index in [1.165, 1.54) is 12.0 Å². The van der Waals surface area contributed by atoms with Crippen LogP contribution in [0.5, 0.6) is 0 Å². The van der Waals surface area contributed by atoms with Crippen LogP contribution in [0.4, 0.5) is 5.69 Å². The second-order valence-electron chi connectivity index (χ2n) is 8.35. The second-order valence-corrected chi connectivity index (χ2v) is 8.35. The molecule has 29 heavy (non-hydrogen) atoms. The van der Waals surface area contributed by atoms with Crippen molar-refractivity contribution in [3.8, 4) is 0 Å². The first-order chi connectivity index (χ1) is 14.0. The van der Waals surface area contributed by atoms with Gasteiger partial charge in [-0.3, -0.25) is 19.3 Å². The fourth-order valence-electron chi connectivity index (χ4n) is 5.48. The molecule has 1 saturated heterocycles. The van der Waals surface area contributed by atoms with E-state index in [0.717, 1.165) is 6.42 Å². The van der Waals surface area contributed by atoms with Gasteiger partial charge in [-0.1, -0.05) is 12.2 Å². The summed E-state index contributed by atoms with van der Waals surface area (Å²) in [4.78, 5) is 50.9. The van der Waals surface area contributed by atoms with Crippen molar-refractivity contribution in [2.24, 2.45) is 35.5 Å². The van der Waals surface area contributed by atoms with E-state index in [9.17, 15) is 19.2 Å². The number of nitrogens with one attached hydrogen (secondary N) is 1. The molecule has 0 spiro atoms. The first-order valence-electron chi connectivity index (χ1n) is 10.0. The number of carbonyl (C=O) groups is 4. The molecule has 1 aromatic rings. The molecule has 4 aliphatic carbocycles. The minimum atomic E-state index is -0.448. The van der Waals surface area contributed by atoms with Crippen molar-refractivity contribution in [3.05, 3.63) is 42.0 Å². The summed E-state index contributed by atoms with van der Waals surface area (Å²) < 4.78 is 4.64. The Morgan fingerprint density at radius 3 is 2.17 bits per heavy atom. The van der Waals surface area contributed by atoms with Crippen LogP contribution in [0.3, 0.4) is 0 Å². The molecule has 1 heterocycles. The normalized spacial score (nSPS) is 33.3. The Hall–Kier alpha value is -2.96. The summed E-state index contributed by atoms with van der Waals surface area (Å²) in [7, 11) is 1.31. The van der Waals surface area contributed by atoms with Crippen LogP contribution in [-0.4, -0.2) is 42.2 Å². The standard InChI is InChI=1S/C22H22N2O5/c1-29-22(28)11-2-4-12(5-3-11)23-17(25)8-9-24-20(26)18-13-6-7-14(16-10-15(13)16)19(18)21(24)27/h2-7,13-16,18-19H,8-10H2,1H3,(H,23,25)/t13-,14-,15-,16+,18-,19+/m0/s1. The van der Waals surface area contributed by atoms with Gasteiger partial charge in [0.2, 0.25) is 17.7 Å². The average Bonchev–Trinajstić information content (AvgIpc) is 3.51. The fraction of sp³-hybridized carbons (Fsp3) is 0.455. The molecule has 3 amide bonds. The molecule has 1 aromatic carbocycles. The highest BCUT2D eigenvalue weighted by Gasteiger charge is 2.66. The number of benzene rings is 1. The van der Waals surface area contributed by atoms with Gasteiger partial charge < -0.3 is 10.1 Å². The summed E-state index contributed by atoms with van der Waals surface area (Å²) in [5, 5.41) is 2.73. The minimum absolute atomic E-state index is 0.0469. The molecule has 2 bridgehead atoms. The summed E-state index contributed by atoms with van der Waals surface area (Å²) in [6.45, 7) is 0.103. The van der Waals surface area contributed by atoms with Crippen molar-refractivity contribution < 1.29 is 23.9 Å². The smallest absolute Gasteiger partial charge is 0.337 e. The highest BCUT2D eigenvalue weighted by molar-refractivity contribution is 6.06. The van der Waals surface area contributed by atoms with Crippen molar-refractivity contribution in [3.63, 3.8) is 0 Å². The Bertz CT molecular complexity index is 901. The number of methoxy groups -OCH3 is 1. The topological polar surface area (TPSA) is 92.8 Å². The third-order valence-corrected chi connectivity index (χ3v) is 6.91. The fourth-order valence-corrected chi connectivity index (χ4v) is 5.48. The maximum Gasteiger partial charge on any atom is 0.337 e. The maximum absolute atomic E-state index is 12.9. The van der Waals surface area contributed by atoms with E-state index >= 15 is 0 Å². The van der Waals surface area contributed by atoms with E-state index < -0.39 is 5.97 Å². The molecule has 7 heteroatoms. The molecule has 1 aliphatic heterocycles. The first-order valence-corrected chi connectivity index (χ1v) is 10.0. The van der Waals surface area contributed by atoms with Crippen molar-refractivity contribution in [2.75, 3.05) is 19.0 Å². The molecular formula is C22H22N2O5. The van der Waals surface area contributed by atoms with E-state index in [2.05, 4.69) is 22.2 Å². The monoisotopic (exact) mass is 394 g/mol. The van der Waals surface area contributed by atoms with Gasteiger partial charge in [-0.05, 0) is 54.4 Å². The van der Waals surface area contributed by atoms with Gasteiger partial charge in [0, 0.05) is 18.7 Å². The Morgan fingerprint density at radius 1 is 1.03 bits per heavy atom. The molecule has 7 nitrogen and oxygen atoms in total. The molecular weight excluding hydrogens is 372 g/mol. The SMILES string of the molecule is COC(=O)c1ccc(NC(=O)CCN2C(=O)[C@@H]3[C@H]4C=C[C@@H]([C@@H]5C[C@H]45)[C@@H]3C2=O)cc1. The number of amides is 3. The molecule has 150 valence electrons. The lowest BCUT2D eigenvalue weighted by atomic mass is 9.63. The van der Waals surface area contributed by atoms with Crippen LogP contribution in [0.2, 0.25) is 0 Å². The van der Waals surface area contributed by atoms with Gasteiger partial charge in [-0.2, -0.15) is 0 Å². The van der Waals surface area contributed by atoms with Gasteiger partial charge in [0.05, 0.1) is 24.5 Å². The zero-order valence-corrected chi connectivity index (χ0v) is 16.0. The lowest BCUT2D eigenvalue weighted by Crippen LogP contribution is -2.40. The number of hydrogen-bond acceptors (Lipinski definition) is 5. The molecule has 0 radical (unpaired) electrons. The predicted octanol–water partition coefficient (Wildman–Crippen LogP) is 1.85. The number of carbonyl (C=O) groups excluding carboxylic acids is 4. The Kier molecular flexibility index (Phi) is 4.08. The summed E-state index contributed by atoms with van der Waals surface area (Å²) in [6, 6.07) is 6.35. The van der Waals surface area contributed by atoms with Crippen LogP contribution in [0.1, 0.15) is 23.2 Å². The van der Waals surface area contributed by atoms with Gasteiger partial charge in [0.15, 0.2) is 0 Å². The van der Waals surface area contributed by atoms with Crippen LogP contribution < -0.4 is 5.32 Å². The quantitative estimate of drug-likeness (QED) is 0.467. The van der Waals surface area contributed by atoms with Gasteiger partial charge in [0.1, 0.15) is 0 Å². The van der Waals surface area contributed by atoms with Gasteiger partial charge in [-0.25, -0.2) is 4.79 Å². The van der Waals surface area contributed by atoms with Crippen molar-refractivity contribution in [1.82, 2.24) is 4.90 Å². The number of likely N-dealkylation sites (tertiary alicyclic amines) is 1. The van der Waals surface area contributed by atoms with E-state index in [4.69, 9.17) is 0 Å². The third kappa shape index (κ3) is 2.79. The number of rotatable bonds is 5. The van der Waals surface area contributed by atoms with Crippen molar-refractivity contribution in [2.45, 2.75) is 12.8 Å². The molecule has 6 rings (SSSR count). The molecule has 6 atom stereocenters. The number of nitrogens with zero attached hydrogens (tertiary/aromatic N) is 1. The van der Waals surface area contributed by atoms with Gasteiger partial charge in [0.25, 0.3) is 0 Å². The molecule has 5 aliphatic rings. The highest BCUT2D eigenvalue weighted by Crippen LogP contribution is 2.65. The van der Waals surface area contributed by atoms with E-state index in [1.807, 2.05) is 0 Å². The maximum atomic E-state index is 12.9. The lowest BCUT2D eigenvalue weighted by molar-refractivity contribution is -0.140. The van der Waals surface area contributed by atoms with E-state index in [0.29, 0.717) is 23.1 Å². The predicted molar refractivity (Wildman–Crippen MR) is 102 cm³/mol. The van der Waals surface area contributed by atoms with Crippen molar-refractivity contribution >= 4 is 29.4 Å². The summed E-state index contributed by atoms with van der Waals surface area (Å²) >= 11 is 0. The highest BCUT2D eigenvalue weighted by atomic mass is 16.5. The van der Waals surface area contributed by atoms with Crippen LogP contribution >= 0.6 is 0 Å². The van der Waals surface area contributed by atoms with Gasteiger partial charge in [-0.15, -0.1) is 0 Å². The molecule has 1 N–H and O–H groups in total. The molecule has 2 saturated carbocycles.